The van der Waals surface area contributed by atoms with Gasteiger partial charge in [0.2, 0.25) is 5.89 Å². The van der Waals surface area contributed by atoms with Gasteiger partial charge in [0.1, 0.15) is 5.52 Å². The Kier molecular flexibility index (Phi) is 8.13. The number of nitrogens with zero attached hydrogens (tertiary/aromatic N) is 3. The Bertz CT molecular complexity index is 3570. The fraction of sp³-hybridized carbons (Fsp3) is 0. The smallest absolute Gasteiger partial charge is 0.227 e. The van der Waals surface area contributed by atoms with Gasteiger partial charge < -0.3 is 13.9 Å². The molecule has 2 aromatic heterocycles. The Morgan fingerprint density at radius 3 is 1.84 bits per heavy atom. The summed E-state index contributed by atoms with van der Waals surface area (Å²) in [5.74, 6) is 0.627. The van der Waals surface area contributed by atoms with E-state index in [1.54, 1.807) is 0 Å². The van der Waals surface area contributed by atoms with Crippen molar-refractivity contribution in [3.05, 3.63) is 224 Å². The first-order chi connectivity index (χ1) is 30.2. The molecular formula is C57H37N3O. The molecule has 0 N–H and O–H groups in total. The van der Waals surface area contributed by atoms with E-state index in [9.17, 15) is 0 Å². The van der Waals surface area contributed by atoms with E-state index < -0.39 is 0 Å². The number of hydrogen-bond acceptors (Lipinski definition) is 3. The van der Waals surface area contributed by atoms with Crippen LogP contribution in [0.15, 0.2) is 229 Å². The summed E-state index contributed by atoms with van der Waals surface area (Å²) in [5, 5.41) is 7.26. The predicted octanol–water partition coefficient (Wildman–Crippen LogP) is 15.7. The highest BCUT2D eigenvalue weighted by Crippen LogP contribution is 2.44. The molecular weight excluding hydrogens is 743 g/mol. The van der Waals surface area contributed by atoms with Crippen LogP contribution in [0.25, 0.3) is 93.8 Å². The van der Waals surface area contributed by atoms with Crippen LogP contribution in [0.5, 0.6) is 0 Å². The fourth-order valence-electron chi connectivity index (χ4n) is 9.08. The average molecular weight is 780 g/mol. The molecule has 4 nitrogen and oxygen atoms in total. The average Bonchev–Trinajstić information content (AvgIpc) is 3.92. The van der Waals surface area contributed by atoms with Crippen molar-refractivity contribution in [1.82, 2.24) is 9.55 Å². The van der Waals surface area contributed by atoms with Gasteiger partial charge in [-0.05, 0) is 123 Å². The molecule has 12 rings (SSSR count). The van der Waals surface area contributed by atoms with Crippen LogP contribution in [-0.2, 0) is 0 Å². The van der Waals surface area contributed by atoms with Gasteiger partial charge in [0, 0.05) is 38.8 Å². The first-order valence-corrected chi connectivity index (χ1v) is 20.7. The van der Waals surface area contributed by atoms with E-state index in [1.165, 1.54) is 54.5 Å². The summed E-state index contributed by atoms with van der Waals surface area (Å²) in [5.41, 5.74) is 14.0. The van der Waals surface area contributed by atoms with Crippen molar-refractivity contribution in [3.63, 3.8) is 0 Å². The maximum Gasteiger partial charge on any atom is 0.227 e. The monoisotopic (exact) mass is 779 g/mol. The normalized spacial score (nSPS) is 11.6. The van der Waals surface area contributed by atoms with Crippen molar-refractivity contribution in [2.75, 3.05) is 4.90 Å². The topological polar surface area (TPSA) is 34.2 Å². The number of fused-ring (bicyclic) bond motifs is 7. The third-order valence-electron chi connectivity index (χ3n) is 12.0. The first kappa shape index (κ1) is 34.8. The summed E-state index contributed by atoms with van der Waals surface area (Å²) in [6, 6.07) is 80.2. The summed E-state index contributed by atoms with van der Waals surface area (Å²) >= 11 is 0. The second-order valence-electron chi connectivity index (χ2n) is 15.6. The predicted molar refractivity (Wildman–Crippen MR) is 254 cm³/mol. The van der Waals surface area contributed by atoms with Gasteiger partial charge in [-0.1, -0.05) is 140 Å². The standard InChI is InChI=1S/C57H37N3O/c1-4-13-38(14-5-1)41-23-24-43-36-47(31-27-42(43)35-41)59(46-29-25-39(26-30-46)44-28-33-51-55(37-44)61-57(58-51)40-15-6-2-7-16-40)52-22-12-20-49-48(52)32-34-54-56(49)50-19-10-11-21-53(50)60(54)45-17-8-3-9-18-45/h1-37H. The van der Waals surface area contributed by atoms with E-state index in [1.807, 2.05) is 36.4 Å². The van der Waals surface area contributed by atoms with Crippen LogP contribution in [-0.4, -0.2) is 9.55 Å². The van der Waals surface area contributed by atoms with E-state index in [4.69, 9.17) is 9.40 Å². The minimum atomic E-state index is 0.627. The van der Waals surface area contributed by atoms with Gasteiger partial charge >= 0.3 is 0 Å². The van der Waals surface area contributed by atoms with E-state index in [0.717, 1.165) is 50.5 Å². The minimum absolute atomic E-state index is 0.627. The second-order valence-corrected chi connectivity index (χ2v) is 15.6. The highest BCUT2D eigenvalue weighted by Gasteiger charge is 2.20. The molecule has 12 aromatic rings. The maximum atomic E-state index is 6.27. The molecule has 2 heterocycles. The zero-order valence-corrected chi connectivity index (χ0v) is 33.1. The molecule has 286 valence electrons. The Labute approximate surface area is 352 Å². The number of rotatable bonds is 7. The van der Waals surface area contributed by atoms with Crippen molar-refractivity contribution in [2.24, 2.45) is 0 Å². The molecule has 0 spiro atoms. The van der Waals surface area contributed by atoms with Crippen LogP contribution < -0.4 is 4.90 Å². The number of hydrogen-bond donors (Lipinski definition) is 0. The lowest BCUT2D eigenvalue weighted by Gasteiger charge is -2.27. The van der Waals surface area contributed by atoms with Crippen LogP contribution in [0.4, 0.5) is 17.1 Å². The second kappa shape index (κ2) is 14.3. The van der Waals surface area contributed by atoms with Gasteiger partial charge in [-0.3, -0.25) is 0 Å². The van der Waals surface area contributed by atoms with Crippen molar-refractivity contribution >= 4 is 71.5 Å². The molecule has 0 aliphatic rings. The largest absolute Gasteiger partial charge is 0.436 e. The van der Waals surface area contributed by atoms with Gasteiger partial charge in [-0.25, -0.2) is 4.98 Å². The van der Waals surface area contributed by atoms with Crippen LogP contribution in [0, 0.1) is 0 Å². The lowest BCUT2D eigenvalue weighted by molar-refractivity contribution is 0.620. The summed E-state index contributed by atoms with van der Waals surface area (Å²) in [6.45, 7) is 0. The lowest BCUT2D eigenvalue weighted by atomic mass is 9.99. The number of aromatic nitrogens is 2. The molecule has 4 heteroatoms. The summed E-state index contributed by atoms with van der Waals surface area (Å²) in [6.07, 6.45) is 0. The van der Waals surface area contributed by atoms with Crippen molar-refractivity contribution < 1.29 is 4.42 Å². The molecule has 0 saturated heterocycles. The van der Waals surface area contributed by atoms with Gasteiger partial charge in [0.05, 0.1) is 16.7 Å². The molecule has 0 saturated carbocycles. The van der Waals surface area contributed by atoms with Crippen molar-refractivity contribution in [3.8, 4) is 39.4 Å². The van der Waals surface area contributed by atoms with E-state index in [0.29, 0.717) is 5.89 Å². The van der Waals surface area contributed by atoms with E-state index >= 15 is 0 Å². The number of anilines is 3. The van der Waals surface area contributed by atoms with Crippen LogP contribution in [0.3, 0.4) is 0 Å². The highest BCUT2D eigenvalue weighted by molar-refractivity contribution is 6.23. The molecule has 61 heavy (non-hydrogen) atoms. The van der Waals surface area contributed by atoms with Crippen molar-refractivity contribution in [2.45, 2.75) is 0 Å². The summed E-state index contributed by atoms with van der Waals surface area (Å²) in [7, 11) is 0. The van der Waals surface area contributed by atoms with Crippen LogP contribution >= 0.6 is 0 Å². The maximum absolute atomic E-state index is 6.27. The molecule has 0 amide bonds. The van der Waals surface area contributed by atoms with Crippen molar-refractivity contribution in [1.29, 1.82) is 0 Å². The Balaban J connectivity index is 1.01. The zero-order chi connectivity index (χ0) is 40.3. The van der Waals surface area contributed by atoms with Gasteiger partial charge in [-0.2, -0.15) is 0 Å². The first-order valence-electron chi connectivity index (χ1n) is 20.7. The lowest BCUT2D eigenvalue weighted by Crippen LogP contribution is -2.10. The Morgan fingerprint density at radius 1 is 0.393 bits per heavy atom. The number of oxazole rings is 1. The molecule has 10 aromatic carbocycles. The van der Waals surface area contributed by atoms with Crippen LogP contribution in [0.1, 0.15) is 0 Å². The minimum Gasteiger partial charge on any atom is -0.436 e. The molecule has 0 fully saturated rings. The molecule has 0 unspecified atom stereocenters. The summed E-state index contributed by atoms with van der Waals surface area (Å²) in [4.78, 5) is 7.17. The summed E-state index contributed by atoms with van der Waals surface area (Å²) < 4.78 is 8.65. The van der Waals surface area contributed by atoms with Gasteiger partial charge in [0.15, 0.2) is 5.58 Å². The third-order valence-corrected chi connectivity index (χ3v) is 12.0. The number of benzene rings is 10. The quantitative estimate of drug-likeness (QED) is 0.162. The Hall–Kier alpha value is -8.21. The van der Waals surface area contributed by atoms with Gasteiger partial charge in [-0.15, -0.1) is 0 Å². The SMILES string of the molecule is c1ccc(-c2ccc3cc(N(c4ccc(-c5ccc6nc(-c7ccccc7)oc6c5)cc4)c4cccc5c4ccc4c5c5ccccc5n4-c4ccccc4)ccc3c2)cc1. The van der Waals surface area contributed by atoms with Gasteiger partial charge in [0.25, 0.3) is 0 Å². The zero-order valence-electron chi connectivity index (χ0n) is 33.1. The highest BCUT2D eigenvalue weighted by atomic mass is 16.3. The molecule has 0 aliphatic heterocycles. The molecule has 0 radical (unpaired) electrons. The van der Waals surface area contributed by atoms with Crippen LogP contribution in [0.2, 0.25) is 0 Å². The number of para-hydroxylation sites is 2. The van der Waals surface area contributed by atoms with E-state index in [-0.39, 0.29) is 0 Å². The molecule has 0 atom stereocenters. The third kappa shape index (κ3) is 5.96. The fourth-order valence-corrected chi connectivity index (χ4v) is 9.08. The van der Waals surface area contributed by atoms with E-state index in [2.05, 4.69) is 198 Å². The molecule has 0 aliphatic carbocycles. The Morgan fingerprint density at radius 2 is 1.02 bits per heavy atom. The molecule has 0 bridgehead atoms.